The lowest BCUT2D eigenvalue weighted by molar-refractivity contribution is 0.0600. The fourth-order valence-electron chi connectivity index (χ4n) is 3.60. The van der Waals surface area contributed by atoms with Gasteiger partial charge in [0.1, 0.15) is 0 Å². The maximum Gasteiger partial charge on any atom is 0.337 e. The van der Waals surface area contributed by atoms with Crippen molar-refractivity contribution < 1.29 is 9.53 Å². The van der Waals surface area contributed by atoms with Crippen molar-refractivity contribution in [3.05, 3.63) is 106 Å². The van der Waals surface area contributed by atoms with Gasteiger partial charge >= 0.3 is 5.97 Å². The molecule has 0 saturated carbocycles. The van der Waals surface area contributed by atoms with Crippen molar-refractivity contribution in [3.63, 3.8) is 0 Å². The third kappa shape index (κ3) is 4.45. The SMILES string of the molecule is COC(=O)c1cccc(Cn2cc(/C=C(/C#N)c3ccc(Br)cc3)c3ccccc32)c1. The van der Waals surface area contributed by atoms with Crippen LogP contribution in [0, 0.1) is 11.3 Å². The van der Waals surface area contributed by atoms with E-state index in [1.807, 2.05) is 66.9 Å². The molecule has 0 saturated heterocycles. The number of esters is 1. The third-order valence-electron chi connectivity index (χ3n) is 5.10. The summed E-state index contributed by atoms with van der Waals surface area (Å²) >= 11 is 3.43. The fourth-order valence-corrected chi connectivity index (χ4v) is 3.86. The predicted molar refractivity (Wildman–Crippen MR) is 126 cm³/mol. The largest absolute Gasteiger partial charge is 0.465 e. The van der Waals surface area contributed by atoms with Crippen LogP contribution in [0.25, 0.3) is 22.6 Å². The van der Waals surface area contributed by atoms with E-state index >= 15 is 0 Å². The van der Waals surface area contributed by atoms with Crippen molar-refractivity contribution in [1.29, 1.82) is 5.26 Å². The Bertz CT molecular complexity index is 1330. The Morgan fingerprint density at radius 1 is 1.06 bits per heavy atom. The van der Waals surface area contributed by atoms with Gasteiger partial charge < -0.3 is 9.30 Å². The highest BCUT2D eigenvalue weighted by atomic mass is 79.9. The molecule has 152 valence electrons. The second-order valence-electron chi connectivity index (χ2n) is 7.10. The number of carbonyl (C=O) groups excluding carboxylic acids is 1. The number of allylic oxidation sites excluding steroid dienone is 1. The molecule has 3 aromatic carbocycles. The molecule has 0 aliphatic carbocycles. The number of halogens is 1. The van der Waals surface area contributed by atoms with Crippen LogP contribution in [-0.2, 0) is 11.3 Å². The monoisotopic (exact) mass is 470 g/mol. The normalized spacial score (nSPS) is 11.3. The fraction of sp³-hybridized carbons (Fsp3) is 0.0769. The Morgan fingerprint density at radius 3 is 2.58 bits per heavy atom. The lowest BCUT2D eigenvalue weighted by Gasteiger charge is -2.07. The molecule has 0 aliphatic rings. The van der Waals surface area contributed by atoms with Gasteiger partial charge in [-0.1, -0.05) is 58.4 Å². The number of nitrogens with zero attached hydrogens (tertiary/aromatic N) is 2. The average Bonchev–Trinajstić information content (AvgIpc) is 3.15. The number of nitriles is 1. The number of methoxy groups -OCH3 is 1. The van der Waals surface area contributed by atoms with E-state index in [-0.39, 0.29) is 5.97 Å². The molecule has 1 aromatic heterocycles. The van der Waals surface area contributed by atoms with Gasteiger partial charge in [0.15, 0.2) is 0 Å². The zero-order chi connectivity index (χ0) is 21.8. The average molecular weight is 471 g/mol. The number of rotatable bonds is 5. The zero-order valence-corrected chi connectivity index (χ0v) is 18.5. The highest BCUT2D eigenvalue weighted by molar-refractivity contribution is 9.10. The lowest BCUT2D eigenvalue weighted by atomic mass is 10.0. The lowest BCUT2D eigenvalue weighted by Crippen LogP contribution is -2.03. The van der Waals surface area contributed by atoms with Gasteiger partial charge in [-0.3, -0.25) is 0 Å². The van der Waals surface area contributed by atoms with Crippen molar-refractivity contribution in [2.24, 2.45) is 0 Å². The van der Waals surface area contributed by atoms with Crippen molar-refractivity contribution in [1.82, 2.24) is 4.57 Å². The predicted octanol–water partition coefficient (Wildman–Crippen LogP) is 6.30. The number of ether oxygens (including phenoxy) is 1. The zero-order valence-electron chi connectivity index (χ0n) is 16.9. The van der Waals surface area contributed by atoms with Gasteiger partial charge in [-0.2, -0.15) is 5.26 Å². The van der Waals surface area contributed by atoms with Gasteiger partial charge in [0.2, 0.25) is 0 Å². The Hall–Kier alpha value is -3.62. The van der Waals surface area contributed by atoms with Crippen LogP contribution in [-0.4, -0.2) is 17.6 Å². The van der Waals surface area contributed by atoms with Crippen molar-refractivity contribution in [2.45, 2.75) is 6.54 Å². The molecule has 0 radical (unpaired) electrons. The molecule has 4 rings (SSSR count). The summed E-state index contributed by atoms with van der Waals surface area (Å²) in [6, 6.07) is 25.6. The van der Waals surface area contributed by atoms with Crippen LogP contribution in [0.15, 0.2) is 83.5 Å². The number of hydrogen-bond acceptors (Lipinski definition) is 3. The number of para-hydroxylation sites is 1. The van der Waals surface area contributed by atoms with Gasteiger partial charge in [0.25, 0.3) is 0 Å². The quantitative estimate of drug-likeness (QED) is 0.254. The standard InChI is InChI=1S/C26H19BrN2O2/c1-31-26(30)20-6-4-5-18(13-20)16-29-17-22(24-7-2-3-8-25(24)29)14-21(15-28)19-9-11-23(27)12-10-19/h2-14,17H,16H2,1H3/b21-14-. The summed E-state index contributed by atoms with van der Waals surface area (Å²) in [7, 11) is 1.38. The van der Waals surface area contributed by atoms with E-state index in [2.05, 4.69) is 38.7 Å². The van der Waals surface area contributed by atoms with Crippen LogP contribution >= 0.6 is 15.9 Å². The highest BCUT2D eigenvalue weighted by Gasteiger charge is 2.11. The minimum atomic E-state index is -0.351. The molecule has 0 amide bonds. The molecule has 5 heteroatoms. The van der Waals surface area contributed by atoms with Crippen LogP contribution < -0.4 is 0 Å². The van der Waals surface area contributed by atoms with E-state index in [9.17, 15) is 10.1 Å². The molecule has 0 fully saturated rings. The minimum absolute atomic E-state index is 0.351. The maximum atomic E-state index is 11.9. The van der Waals surface area contributed by atoms with E-state index in [1.165, 1.54) is 7.11 Å². The number of hydrogen-bond donors (Lipinski definition) is 0. The summed E-state index contributed by atoms with van der Waals surface area (Å²) < 4.78 is 7.94. The minimum Gasteiger partial charge on any atom is -0.465 e. The smallest absolute Gasteiger partial charge is 0.337 e. The van der Waals surface area contributed by atoms with Crippen molar-refractivity contribution in [2.75, 3.05) is 7.11 Å². The van der Waals surface area contributed by atoms with E-state index in [0.717, 1.165) is 32.1 Å². The summed E-state index contributed by atoms with van der Waals surface area (Å²) in [4.78, 5) is 11.9. The van der Waals surface area contributed by atoms with E-state index < -0.39 is 0 Å². The van der Waals surface area contributed by atoms with Crippen LogP contribution in [0.1, 0.15) is 27.0 Å². The molecule has 0 N–H and O–H groups in total. The molecular weight excluding hydrogens is 452 g/mol. The summed E-state index contributed by atoms with van der Waals surface area (Å²) in [6.07, 6.45) is 3.97. The van der Waals surface area contributed by atoms with E-state index in [4.69, 9.17) is 4.74 Å². The van der Waals surface area contributed by atoms with Gasteiger partial charge in [-0.05, 0) is 47.5 Å². The first-order chi connectivity index (χ1) is 15.1. The Labute approximate surface area is 189 Å². The summed E-state index contributed by atoms with van der Waals surface area (Å²) in [5.41, 5.74) is 5.02. The Morgan fingerprint density at radius 2 is 1.84 bits per heavy atom. The first-order valence-electron chi connectivity index (χ1n) is 9.72. The number of benzene rings is 3. The molecule has 31 heavy (non-hydrogen) atoms. The van der Waals surface area contributed by atoms with Crippen LogP contribution in [0.5, 0.6) is 0 Å². The van der Waals surface area contributed by atoms with E-state index in [1.54, 1.807) is 6.07 Å². The van der Waals surface area contributed by atoms with Crippen LogP contribution in [0.2, 0.25) is 0 Å². The topological polar surface area (TPSA) is 55.0 Å². The molecular formula is C26H19BrN2O2. The number of carbonyl (C=O) groups is 1. The van der Waals surface area contributed by atoms with Gasteiger partial charge in [0.05, 0.1) is 24.3 Å². The molecule has 0 bridgehead atoms. The Kier molecular flexibility index (Phi) is 6.01. The second kappa shape index (κ2) is 9.03. The molecule has 0 aliphatic heterocycles. The van der Waals surface area contributed by atoms with Gasteiger partial charge in [-0.25, -0.2) is 4.79 Å². The molecule has 0 atom stereocenters. The Balaban J connectivity index is 1.75. The third-order valence-corrected chi connectivity index (χ3v) is 5.62. The van der Waals surface area contributed by atoms with Crippen LogP contribution in [0.4, 0.5) is 0 Å². The number of aromatic nitrogens is 1. The molecule has 0 spiro atoms. The summed E-state index contributed by atoms with van der Waals surface area (Å²) in [6.45, 7) is 0.597. The van der Waals surface area contributed by atoms with Gasteiger partial charge in [-0.15, -0.1) is 0 Å². The number of fused-ring (bicyclic) bond motifs is 1. The van der Waals surface area contributed by atoms with Crippen molar-refractivity contribution in [3.8, 4) is 6.07 Å². The van der Waals surface area contributed by atoms with E-state index in [0.29, 0.717) is 17.7 Å². The summed E-state index contributed by atoms with van der Waals surface area (Å²) in [5.74, 6) is -0.351. The first-order valence-corrected chi connectivity index (χ1v) is 10.5. The molecule has 4 nitrogen and oxygen atoms in total. The second-order valence-corrected chi connectivity index (χ2v) is 8.01. The molecule has 1 heterocycles. The highest BCUT2D eigenvalue weighted by Crippen LogP contribution is 2.27. The molecule has 0 unspecified atom stereocenters. The van der Waals surface area contributed by atoms with Crippen LogP contribution in [0.3, 0.4) is 0 Å². The molecule has 4 aromatic rings. The first kappa shape index (κ1) is 20.6. The summed E-state index contributed by atoms with van der Waals surface area (Å²) in [5, 5.41) is 10.8. The van der Waals surface area contributed by atoms with Crippen molar-refractivity contribution >= 4 is 44.5 Å². The maximum absolute atomic E-state index is 11.9. The van der Waals surface area contributed by atoms with Gasteiger partial charge in [0, 0.05) is 33.7 Å².